The standard InChI is InChI=1S/C12H16N2/c1-4-10(3)6-7-11(5-2)12-8-9-13-14-12/h4-9H,1-3H3,(H,13,14)/b7-6-,10-4-,11-5+. The van der Waals surface area contributed by atoms with E-state index in [-0.39, 0.29) is 0 Å². The van der Waals surface area contributed by atoms with Gasteiger partial charge in [0.15, 0.2) is 0 Å². The summed E-state index contributed by atoms with van der Waals surface area (Å²) in [5.41, 5.74) is 3.46. The molecule has 2 nitrogen and oxygen atoms in total. The zero-order chi connectivity index (χ0) is 10.4. The van der Waals surface area contributed by atoms with Gasteiger partial charge >= 0.3 is 0 Å². The maximum Gasteiger partial charge on any atom is 0.0646 e. The van der Waals surface area contributed by atoms with Gasteiger partial charge in [0.1, 0.15) is 0 Å². The molecule has 0 bridgehead atoms. The van der Waals surface area contributed by atoms with E-state index in [4.69, 9.17) is 0 Å². The Morgan fingerprint density at radius 2 is 2.07 bits per heavy atom. The Morgan fingerprint density at radius 1 is 1.29 bits per heavy atom. The van der Waals surface area contributed by atoms with E-state index in [2.05, 4.69) is 41.4 Å². The first-order chi connectivity index (χ1) is 6.77. The second kappa shape index (κ2) is 5.22. The van der Waals surface area contributed by atoms with Gasteiger partial charge in [-0.3, -0.25) is 5.10 Å². The third kappa shape index (κ3) is 2.73. The highest BCUT2D eigenvalue weighted by molar-refractivity contribution is 5.71. The zero-order valence-electron chi connectivity index (χ0n) is 8.91. The van der Waals surface area contributed by atoms with Crippen molar-refractivity contribution in [2.24, 2.45) is 0 Å². The van der Waals surface area contributed by atoms with E-state index in [9.17, 15) is 0 Å². The van der Waals surface area contributed by atoms with Crippen LogP contribution in [-0.2, 0) is 0 Å². The molecule has 1 N–H and O–H groups in total. The lowest BCUT2D eigenvalue weighted by Crippen LogP contribution is -1.80. The molecular weight excluding hydrogens is 172 g/mol. The quantitative estimate of drug-likeness (QED) is 0.724. The summed E-state index contributed by atoms with van der Waals surface area (Å²) in [4.78, 5) is 0. The average Bonchev–Trinajstić information content (AvgIpc) is 2.72. The first kappa shape index (κ1) is 10.5. The fourth-order valence-corrected chi connectivity index (χ4v) is 1.08. The number of nitrogens with zero attached hydrogens (tertiary/aromatic N) is 1. The highest BCUT2D eigenvalue weighted by Gasteiger charge is 1.96. The summed E-state index contributed by atoms with van der Waals surface area (Å²) in [6.07, 6.45) is 10.1. The minimum Gasteiger partial charge on any atom is -0.278 e. The summed E-state index contributed by atoms with van der Waals surface area (Å²) in [5.74, 6) is 0. The molecule has 1 heterocycles. The van der Waals surface area contributed by atoms with E-state index in [0.29, 0.717) is 0 Å². The first-order valence-electron chi connectivity index (χ1n) is 4.75. The molecule has 0 unspecified atom stereocenters. The molecule has 2 heteroatoms. The predicted octanol–water partition coefficient (Wildman–Crippen LogP) is 3.34. The Hall–Kier alpha value is -1.57. The van der Waals surface area contributed by atoms with Gasteiger partial charge in [0.25, 0.3) is 0 Å². The van der Waals surface area contributed by atoms with E-state index >= 15 is 0 Å². The number of hydrogen-bond donors (Lipinski definition) is 1. The summed E-state index contributed by atoms with van der Waals surface area (Å²) in [5, 5.41) is 6.86. The van der Waals surface area contributed by atoms with Crippen molar-refractivity contribution < 1.29 is 0 Å². The van der Waals surface area contributed by atoms with Crippen molar-refractivity contribution in [3.63, 3.8) is 0 Å². The van der Waals surface area contributed by atoms with Crippen LogP contribution in [0, 0.1) is 0 Å². The Balaban J connectivity index is 2.81. The Labute approximate surface area is 85.0 Å². The van der Waals surface area contributed by atoms with Crippen molar-refractivity contribution in [2.75, 3.05) is 0 Å². The fourth-order valence-electron chi connectivity index (χ4n) is 1.08. The number of nitrogens with one attached hydrogen (secondary N) is 1. The first-order valence-corrected chi connectivity index (χ1v) is 4.75. The van der Waals surface area contributed by atoms with E-state index in [1.165, 1.54) is 5.57 Å². The van der Waals surface area contributed by atoms with E-state index < -0.39 is 0 Å². The third-order valence-electron chi connectivity index (χ3n) is 2.10. The van der Waals surface area contributed by atoms with Gasteiger partial charge in [0.05, 0.1) is 5.69 Å². The van der Waals surface area contributed by atoms with Gasteiger partial charge in [0.2, 0.25) is 0 Å². The maximum absolute atomic E-state index is 3.92. The van der Waals surface area contributed by atoms with Crippen LogP contribution in [0.25, 0.3) is 5.57 Å². The molecule has 14 heavy (non-hydrogen) atoms. The molecule has 0 aliphatic carbocycles. The monoisotopic (exact) mass is 188 g/mol. The summed E-state index contributed by atoms with van der Waals surface area (Å²) < 4.78 is 0. The molecule has 0 aliphatic rings. The van der Waals surface area contributed by atoms with Crippen LogP contribution in [0.2, 0.25) is 0 Å². The number of aromatic amines is 1. The highest BCUT2D eigenvalue weighted by Crippen LogP contribution is 2.13. The zero-order valence-corrected chi connectivity index (χ0v) is 8.91. The van der Waals surface area contributed by atoms with Crippen molar-refractivity contribution in [1.82, 2.24) is 10.2 Å². The molecule has 0 saturated heterocycles. The highest BCUT2D eigenvalue weighted by atomic mass is 15.1. The lowest BCUT2D eigenvalue weighted by molar-refractivity contribution is 1.07. The van der Waals surface area contributed by atoms with Crippen LogP contribution in [0.4, 0.5) is 0 Å². The van der Waals surface area contributed by atoms with Crippen molar-refractivity contribution >= 4 is 5.57 Å². The second-order valence-corrected chi connectivity index (χ2v) is 3.08. The fraction of sp³-hybridized carbons (Fsp3) is 0.250. The normalized spacial score (nSPS) is 13.9. The molecule has 1 aromatic heterocycles. The molecule has 0 spiro atoms. The van der Waals surface area contributed by atoms with Crippen LogP contribution in [-0.4, -0.2) is 10.2 Å². The minimum absolute atomic E-state index is 1.05. The topological polar surface area (TPSA) is 28.7 Å². The summed E-state index contributed by atoms with van der Waals surface area (Å²) >= 11 is 0. The van der Waals surface area contributed by atoms with Gasteiger partial charge in [-0.25, -0.2) is 0 Å². The van der Waals surface area contributed by atoms with Gasteiger partial charge in [-0.05, 0) is 32.4 Å². The Morgan fingerprint density at radius 3 is 2.57 bits per heavy atom. The summed E-state index contributed by atoms with van der Waals surface area (Å²) in [6, 6.07) is 1.96. The van der Waals surface area contributed by atoms with Crippen molar-refractivity contribution in [3.8, 4) is 0 Å². The Bertz CT molecular complexity index is 354. The molecule has 74 valence electrons. The third-order valence-corrected chi connectivity index (χ3v) is 2.10. The number of hydrogen-bond acceptors (Lipinski definition) is 1. The number of rotatable bonds is 3. The van der Waals surface area contributed by atoms with Gasteiger partial charge in [-0.2, -0.15) is 5.10 Å². The SMILES string of the molecule is C\C=C(C)/C=C\C(=C/C)c1ccn[nH]1. The van der Waals surface area contributed by atoms with Gasteiger partial charge in [-0.1, -0.05) is 29.9 Å². The minimum atomic E-state index is 1.05. The van der Waals surface area contributed by atoms with Crippen LogP contribution in [0.15, 0.2) is 42.1 Å². The summed E-state index contributed by atoms with van der Waals surface area (Å²) in [6.45, 7) is 6.13. The van der Waals surface area contributed by atoms with E-state index in [1.807, 2.05) is 19.9 Å². The van der Waals surface area contributed by atoms with Crippen LogP contribution >= 0.6 is 0 Å². The molecular formula is C12H16N2. The molecule has 1 aromatic rings. The average molecular weight is 188 g/mol. The number of allylic oxidation sites excluding steroid dienone is 6. The molecule has 0 aliphatic heterocycles. The van der Waals surface area contributed by atoms with Crippen LogP contribution in [0.3, 0.4) is 0 Å². The van der Waals surface area contributed by atoms with E-state index in [1.54, 1.807) is 6.20 Å². The second-order valence-electron chi connectivity index (χ2n) is 3.08. The van der Waals surface area contributed by atoms with Crippen molar-refractivity contribution in [1.29, 1.82) is 0 Å². The van der Waals surface area contributed by atoms with Gasteiger partial charge < -0.3 is 0 Å². The number of aromatic nitrogens is 2. The van der Waals surface area contributed by atoms with Gasteiger partial charge in [-0.15, -0.1) is 0 Å². The summed E-state index contributed by atoms with van der Waals surface area (Å²) in [7, 11) is 0. The van der Waals surface area contributed by atoms with Crippen LogP contribution in [0.1, 0.15) is 26.5 Å². The Kier molecular flexibility index (Phi) is 3.92. The molecule has 0 saturated carbocycles. The maximum atomic E-state index is 3.92. The molecule has 0 aromatic carbocycles. The lowest BCUT2D eigenvalue weighted by atomic mass is 10.1. The lowest BCUT2D eigenvalue weighted by Gasteiger charge is -1.96. The van der Waals surface area contributed by atoms with Crippen LogP contribution < -0.4 is 0 Å². The molecule has 0 radical (unpaired) electrons. The van der Waals surface area contributed by atoms with Crippen molar-refractivity contribution in [2.45, 2.75) is 20.8 Å². The molecule has 0 amide bonds. The van der Waals surface area contributed by atoms with Gasteiger partial charge in [0, 0.05) is 6.20 Å². The number of H-pyrrole nitrogens is 1. The van der Waals surface area contributed by atoms with E-state index in [0.717, 1.165) is 11.3 Å². The van der Waals surface area contributed by atoms with Crippen LogP contribution in [0.5, 0.6) is 0 Å². The molecule has 0 atom stereocenters. The molecule has 0 fully saturated rings. The largest absolute Gasteiger partial charge is 0.278 e. The van der Waals surface area contributed by atoms with Crippen molar-refractivity contribution in [3.05, 3.63) is 47.8 Å². The predicted molar refractivity (Wildman–Crippen MR) is 60.8 cm³/mol. The smallest absolute Gasteiger partial charge is 0.0646 e. The molecule has 1 rings (SSSR count).